The first-order chi connectivity index (χ1) is 3.83. The summed E-state index contributed by atoms with van der Waals surface area (Å²) in [7, 11) is 0. The molecule has 49 valence electrons. The van der Waals surface area contributed by atoms with Crippen molar-refractivity contribution in [2.24, 2.45) is 11.8 Å². The number of hydrogen-bond acceptors (Lipinski definition) is 1. The standard InChI is InChI=1S/C7H12O.Y/c1-6-2-3-7(4-6)5-8;/h2-3,6-8H,4-5H2,1H3;/t6-,7+;/m0./s1. The first-order valence-electron chi connectivity index (χ1n) is 3.12. The zero-order valence-electron chi connectivity index (χ0n) is 5.75. The summed E-state index contributed by atoms with van der Waals surface area (Å²) in [5.41, 5.74) is 0. The van der Waals surface area contributed by atoms with Crippen LogP contribution in [-0.2, 0) is 32.7 Å². The maximum absolute atomic E-state index is 8.63. The van der Waals surface area contributed by atoms with Gasteiger partial charge in [-0.1, -0.05) is 19.1 Å². The third-order valence-electron chi connectivity index (χ3n) is 1.62. The van der Waals surface area contributed by atoms with Gasteiger partial charge in [-0.25, -0.2) is 0 Å². The molecular weight excluding hydrogens is 189 g/mol. The largest absolute Gasteiger partial charge is 0.396 e. The molecule has 0 fully saturated rings. The van der Waals surface area contributed by atoms with Crippen LogP contribution in [0.3, 0.4) is 0 Å². The van der Waals surface area contributed by atoms with E-state index in [4.69, 9.17) is 5.11 Å². The molecule has 0 unspecified atom stereocenters. The summed E-state index contributed by atoms with van der Waals surface area (Å²) in [6.45, 7) is 2.49. The van der Waals surface area contributed by atoms with E-state index in [2.05, 4.69) is 19.1 Å². The van der Waals surface area contributed by atoms with E-state index in [9.17, 15) is 0 Å². The Morgan fingerprint density at radius 2 is 2.22 bits per heavy atom. The molecule has 0 aromatic carbocycles. The summed E-state index contributed by atoms with van der Waals surface area (Å²) in [5, 5.41) is 8.63. The fraction of sp³-hybridized carbons (Fsp3) is 0.714. The van der Waals surface area contributed by atoms with Crippen LogP contribution < -0.4 is 0 Å². The van der Waals surface area contributed by atoms with E-state index in [1.54, 1.807) is 0 Å². The Labute approximate surface area is 81.4 Å². The molecule has 9 heavy (non-hydrogen) atoms. The second-order valence-corrected chi connectivity index (χ2v) is 2.54. The van der Waals surface area contributed by atoms with Crippen molar-refractivity contribution >= 4 is 0 Å². The number of hydrogen-bond donors (Lipinski definition) is 1. The summed E-state index contributed by atoms with van der Waals surface area (Å²) in [4.78, 5) is 0. The van der Waals surface area contributed by atoms with E-state index in [-0.39, 0.29) is 32.7 Å². The van der Waals surface area contributed by atoms with E-state index in [0.29, 0.717) is 18.4 Å². The Kier molecular flexibility index (Phi) is 5.00. The van der Waals surface area contributed by atoms with Crippen molar-refractivity contribution in [3.05, 3.63) is 12.2 Å². The molecule has 0 bridgehead atoms. The maximum Gasteiger partial charge on any atom is 0.0494 e. The van der Waals surface area contributed by atoms with E-state index < -0.39 is 0 Å². The van der Waals surface area contributed by atoms with Crippen molar-refractivity contribution in [1.29, 1.82) is 0 Å². The number of rotatable bonds is 1. The summed E-state index contributed by atoms with van der Waals surface area (Å²) >= 11 is 0. The van der Waals surface area contributed by atoms with Gasteiger partial charge in [0.15, 0.2) is 0 Å². The fourth-order valence-corrected chi connectivity index (χ4v) is 1.12. The van der Waals surface area contributed by atoms with Crippen LogP contribution in [0, 0.1) is 11.8 Å². The van der Waals surface area contributed by atoms with Crippen molar-refractivity contribution in [2.45, 2.75) is 13.3 Å². The minimum absolute atomic E-state index is 0. The molecule has 0 aromatic rings. The predicted molar refractivity (Wildman–Crippen MR) is 33.5 cm³/mol. The van der Waals surface area contributed by atoms with Crippen LogP contribution in [0.5, 0.6) is 0 Å². The topological polar surface area (TPSA) is 20.2 Å². The molecule has 0 aliphatic heterocycles. The zero-order chi connectivity index (χ0) is 5.98. The molecule has 1 aliphatic rings. The van der Waals surface area contributed by atoms with Gasteiger partial charge in [-0.15, -0.1) is 0 Å². The zero-order valence-corrected chi connectivity index (χ0v) is 8.59. The monoisotopic (exact) mass is 201 g/mol. The third kappa shape index (κ3) is 2.93. The van der Waals surface area contributed by atoms with Crippen LogP contribution in [0.15, 0.2) is 12.2 Å². The van der Waals surface area contributed by atoms with Gasteiger partial charge in [-0.3, -0.25) is 0 Å². The smallest absolute Gasteiger partial charge is 0.0494 e. The predicted octanol–water partition coefficient (Wildman–Crippen LogP) is 1.19. The average Bonchev–Trinajstić information content (AvgIpc) is 2.14. The van der Waals surface area contributed by atoms with E-state index >= 15 is 0 Å². The normalized spacial score (nSPS) is 32.2. The van der Waals surface area contributed by atoms with Gasteiger partial charge < -0.3 is 5.11 Å². The van der Waals surface area contributed by atoms with E-state index in [0.717, 1.165) is 6.42 Å². The molecular formula is C7H12OY. The quantitative estimate of drug-likeness (QED) is 0.631. The Balaban J connectivity index is 0.000000640. The van der Waals surface area contributed by atoms with Crippen LogP contribution in [0.4, 0.5) is 0 Å². The van der Waals surface area contributed by atoms with Crippen LogP contribution in [0.25, 0.3) is 0 Å². The Bertz CT molecular complexity index is 101. The van der Waals surface area contributed by atoms with Crippen LogP contribution in [0.1, 0.15) is 13.3 Å². The number of aliphatic hydroxyl groups excluding tert-OH is 1. The molecule has 0 saturated carbocycles. The number of allylic oxidation sites excluding steroid dienone is 1. The summed E-state index contributed by atoms with van der Waals surface area (Å²) < 4.78 is 0. The SMILES string of the molecule is C[C@H]1C=C[C@@H](CO)C1.[Y]. The summed E-state index contributed by atoms with van der Waals surface area (Å²) in [5.74, 6) is 1.14. The van der Waals surface area contributed by atoms with Crippen LogP contribution >= 0.6 is 0 Å². The maximum atomic E-state index is 8.63. The van der Waals surface area contributed by atoms with Gasteiger partial charge in [-0.2, -0.15) is 0 Å². The average molecular weight is 201 g/mol. The second kappa shape index (κ2) is 4.59. The second-order valence-electron chi connectivity index (χ2n) is 2.54. The van der Waals surface area contributed by atoms with Crippen molar-refractivity contribution < 1.29 is 37.8 Å². The molecule has 2 atom stereocenters. The molecule has 0 heterocycles. The molecule has 1 nitrogen and oxygen atoms in total. The van der Waals surface area contributed by atoms with Gasteiger partial charge in [0.1, 0.15) is 0 Å². The molecule has 1 radical (unpaired) electrons. The van der Waals surface area contributed by atoms with E-state index in [1.807, 2.05) is 0 Å². The van der Waals surface area contributed by atoms with Crippen LogP contribution in [-0.4, -0.2) is 11.7 Å². The van der Waals surface area contributed by atoms with Gasteiger partial charge in [0.25, 0.3) is 0 Å². The van der Waals surface area contributed by atoms with Gasteiger partial charge in [0.05, 0.1) is 0 Å². The first-order valence-corrected chi connectivity index (χ1v) is 3.12. The molecule has 2 heteroatoms. The van der Waals surface area contributed by atoms with Gasteiger partial charge in [-0.05, 0) is 12.3 Å². The Morgan fingerprint density at radius 3 is 2.44 bits per heavy atom. The Morgan fingerprint density at radius 1 is 1.56 bits per heavy atom. The van der Waals surface area contributed by atoms with Crippen LogP contribution in [0.2, 0.25) is 0 Å². The fourth-order valence-electron chi connectivity index (χ4n) is 1.12. The summed E-state index contributed by atoms with van der Waals surface area (Å²) in [6, 6.07) is 0. The van der Waals surface area contributed by atoms with Crippen molar-refractivity contribution in [1.82, 2.24) is 0 Å². The summed E-state index contributed by atoms with van der Waals surface area (Å²) in [6.07, 6.45) is 5.40. The van der Waals surface area contributed by atoms with E-state index in [1.165, 1.54) is 0 Å². The van der Waals surface area contributed by atoms with Crippen molar-refractivity contribution in [3.8, 4) is 0 Å². The molecule has 0 amide bonds. The third-order valence-corrected chi connectivity index (χ3v) is 1.62. The molecule has 0 aromatic heterocycles. The minimum atomic E-state index is 0. The van der Waals surface area contributed by atoms with Crippen molar-refractivity contribution in [2.75, 3.05) is 6.61 Å². The molecule has 0 saturated heterocycles. The number of aliphatic hydroxyl groups is 1. The Hall–Kier alpha value is 0.804. The first kappa shape index (κ1) is 9.80. The molecule has 0 spiro atoms. The van der Waals surface area contributed by atoms with Gasteiger partial charge in [0, 0.05) is 45.2 Å². The minimum Gasteiger partial charge on any atom is -0.396 e. The van der Waals surface area contributed by atoms with Crippen molar-refractivity contribution in [3.63, 3.8) is 0 Å². The van der Waals surface area contributed by atoms with Gasteiger partial charge in [0.2, 0.25) is 0 Å². The molecule has 1 rings (SSSR count). The molecule has 1 N–H and O–H groups in total. The van der Waals surface area contributed by atoms with Gasteiger partial charge >= 0.3 is 0 Å². The molecule has 1 aliphatic carbocycles.